The number of nitrogens with zero attached hydrogens (tertiary/aromatic N) is 3. The fourth-order valence-corrected chi connectivity index (χ4v) is 4.84. The summed E-state index contributed by atoms with van der Waals surface area (Å²) in [5, 5.41) is 20.5. The maximum absolute atomic E-state index is 12.9. The van der Waals surface area contributed by atoms with E-state index in [0.717, 1.165) is 43.1 Å². The van der Waals surface area contributed by atoms with Crippen molar-refractivity contribution in [1.82, 2.24) is 9.13 Å². The van der Waals surface area contributed by atoms with Crippen molar-refractivity contribution in [2.45, 2.75) is 70.1 Å². The Hall–Kier alpha value is -1.87. The van der Waals surface area contributed by atoms with Gasteiger partial charge >= 0.3 is 5.69 Å². The molecule has 0 aliphatic heterocycles. The van der Waals surface area contributed by atoms with E-state index in [1.807, 2.05) is 6.07 Å². The van der Waals surface area contributed by atoms with Crippen LogP contribution in [0, 0.1) is 30.1 Å². The fraction of sp³-hybridized carbons (Fsp3) is 0.722. The third-order valence-corrected chi connectivity index (χ3v) is 6.32. The second-order valence-corrected chi connectivity index (χ2v) is 7.87. The van der Waals surface area contributed by atoms with Gasteiger partial charge in [-0.3, -0.25) is 13.9 Å². The molecule has 4 aliphatic rings. The quantitative estimate of drug-likeness (QED) is 0.909. The van der Waals surface area contributed by atoms with Crippen molar-refractivity contribution in [3.8, 4) is 6.07 Å². The van der Waals surface area contributed by atoms with Gasteiger partial charge in [0.15, 0.2) is 0 Å². The highest BCUT2D eigenvalue weighted by Gasteiger charge is 2.47. The molecule has 1 atom stereocenters. The van der Waals surface area contributed by atoms with Crippen molar-refractivity contribution in [3.05, 3.63) is 32.1 Å². The third-order valence-electron chi connectivity index (χ3n) is 6.32. The average Bonchev–Trinajstić information content (AvgIpc) is 3.38. The monoisotopic (exact) mass is 329 g/mol. The molecule has 0 amide bonds. The van der Waals surface area contributed by atoms with Crippen molar-refractivity contribution >= 4 is 0 Å². The molecule has 6 heteroatoms. The molecule has 128 valence electrons. The Kier molecular flexibility index (Phi) is 3.47. The third kappa shape index (κ3) is 2.26. The molecule has 4 fully saturated rings. The molecule has 1 aromatic rings. The van der Waals surface area contributed by atoms with E-state index < -0.39 is 11.2 Å². The summed E-state index contributed by atoms with van der Waals surface area (Å²) in [6.07, 6.45) is 6.64. The lowest BCUT2D eigenvalue weighted by atomic mass is 9.62. The van der Waals surface area contributed by atoms with Crippen LogP contribution in [0.15, 0.2) is 9.59 Å². The topological polar surface area (TPSA) is 88.0 Å². The largest absolute Gasteiger partial charge is 0.388 e. The van der Waals surface area contributed by atoms with Gasteiger partial charge in [0.2, 0.25) is 0 Å². The highest BCUT2D eigenvalue weighted by atomic mass is 16.3. The first-order valence-electron chi connectivity index (χ1n) is 8.93. The molecule has 1 N–H and O–H groups in total. The first-order valence-corrected chi connectivity index (χ1v) is 8.93. The van der Waals surface area contributed by atoms with Crippen LogP contribution in [-0.2, 0) is 6.54 Å². The van der Waals surface area contributed by atoms with Gasteiger partial charge in [0.25, 0.3) is 5.56 Å². The van der Waals surface area contributed by atoms with Gasteiger partial charge in [-0.05, 0) is 63.7 Å². The molecule has 1 aromatic heterocycles. The number of fused-ring (bicyclic) bond motifs is 3. The Morgan fingerprint density at radius 2 is 1.88 bits per heavy atom. The maximum Gasteiger partial charge on any atom is 0.331 e. The van der Waals surface area contributed by atoms with Gasteiger partial charge < -0.3 is 5.11 Å². The zero-order valence-corrected chi connectivity index (χ0v) is 14.0. The second kappa shape index (κ2) is 5.32. The summed E-state index contributed by atoms with van der Waals surface area (Å²) in [5.41, 5.74) is -1.41. The molecule has 0 radical (unpaired) electrons. The predicted octanol–water partition coefficient (Wildman–Crippen LogP) is 1.47. The molecular weight excluding hydrogens is 306 g/mol. The van der Waals surface area contributed by atoms with Crippen LogP contribution in [0.5, 0.6) is 0 Å². The van der Waals surface area contributed by atoms with Crippen LogP contribution in [0.1, 0.15) is 62.2 Å². The lowest BCUT2D eigenvalue weighted by Gasteiger charge is -2.48. The van der Waals surface area contributed by atoms with Gasteiger partial charge in [0.05, 0.1) is 12.1 Å². The van der Waals surface area contributed by atoms with Crippen molar-refractivity contribution < 1.29 is 5.11 Å². The number of rotatable bonds is 3. The van der Waals surface area contributed by atoms with Gasteiger partial charge in [-0.15, -0.1) is 0 Å². The van der Waals surface area contributed by atoms with E-state index in [4.69, 9.17) is 0 Å². The molecule has 24 heavy (non-hydrogen) atoms. The van der Waals surface area contributed by atoms with Crippen molar-refractivity contribution in [2.24, 2.45) is 11.8 Å². The van der Waals surface area contributed by atoms with E-state index >= 15 is 0 Å². The highest BCUT2D eigenvalue weighted by molar-refractivity contribution is 5.31. The number of hydrogen-bond acceptors (Lipinski definition) is 4. The van der Waals surface area contributed by atoms with E-state index in [-0.39, 0.29) is 29.8 Å². The molecule has 6 nitrogen and oxygen atoms in total. The van der Waals surface area contributed by atoms with Crippen LogP contribution in [-0.4, -0.2) is 19.8 Å². The lowest BCUT2D eigenvalue weighted by molar-refractivity contribution is -0.109. The maximum atomic E-state index is 12.9. The van der Waals surface area contributed by atoms with Crippen LogP contribution >= 0.6 is 0 Å². The van der Waals surface area contributed by atoms with E-state index in [2.05, 4.69) is 0 Å². The van der Waals surface area contributed by atoms with Gasteiger partial charge in [-0.2, -0.15) is 5.26 Å². The average molecular weight is 329 g/mol. The number of aliphatic hydroxyl groups is 1. The first kappa shape index (κ1) is 15.6. The summed E-state index contributed by atoms with van der Waals surface area (Å²) >= 11 is 0. The number of hydrogen-bond donors (Lipinski definition) is 1. The molecule has 2 bridgehead atoms. The van der Waals surface area contributed by atoms with Gasteiger partial charge in [-0.1, -0.05) is 0 Å². The summed E-state index contributed by atoms with van der Waals surface area (Å²) in [7, 11) is 0. The molecule has 0 spiro atoms. The molecule has 1 heterocycles. The zero-order valence-electron chi connectivity index (χ0n) is 14.0. The Morgan fingerprint density at radius 3 is 2.38 bits per heavy atom. The van der Waals surface area contributed by atoms with E-state index in [1.165, 1.54) is 0 Å². The minimum Gasteiger partial charge on any atom is -0.388 e. The van der Waals surface area contributed by atoms with Crippen LogP contribution < -0.4 is 11.2 Å². The molecule has 0 saturated heterocycles. The van der Waals surface area contributed by atoms with Crippen LogP contribution in [0.3, 0.4) is 0 Å². The van der Waals surface area contributed by atoms with Crippen molar-refractivity contribution in [3.63, 3.8) is 0 Å². The summed E-state index contributed by atoms with van der Waals surface area (Å²) in [5.74, 6) is 0.636. The minimum atomic E-state index is -0.993. The SMILES string of the molecule is Cc1c(C#N)c(=O)n(CC2(O)CC3CCC2CC3)c(=O)n1C1CC1. The molecular formula is C18H23N3O3. The molecule has 5 rings (SSSR count). The van der Waals surface area contributed by atoms with Gasteiger partial charge in [0, 0.05) is 11.7 Å². The van der Waals surface area contributed by atoms with Gasteiger partial charge in [0.1, 0.15) is 11.6 Å². The lowest BCUT2D eigenvalue weighted by Crippen LogP contribution is -2.55. The smallest absolute Gasteiger partial charge is 0.331 e. The van der Waals surface area contributed by atoms with Gasteiger partial charge in [-0.25, -0.2) is 4.79 Å². The highest BCUT2D eigenvalue weighted by Crippen LogP contribution is 2.47. The molecule has 0 aromatic carbocycles. The standard InChI is InChI=1S/C18H23N3O3/c1-11-15(9-19)16(22)20(17(23)21(11)14-6-7-14)10-18(24)8-12-2-4-13(18)5-3-12/h12-14,24H,2-8,10H2,1H3. The Bertz CT molecular complexity index is 835. The van der Waals surface area contributed by atoms with Crippen LogP contribution in [0.2, 0.25) is 0 Å². The Morgan fingerprint density at radius 1 is 1.21 bits per heavy atom. The summed E-state index contributed by atoms with van der Waals surface area (Å²) < 4.78 is 2.72. The predicted molar refractivity (Wildman–Crippen MR) is 87.7 cm³/mol. The Balaban J connectivity index is 1.81. The minimum absolute atomic E-state index is 0.0213. The molecule has 4 saturated carbocycles. The Labute approximate surface area is 140 Å². The van der Waals surface area contributed by atoms with E-state index in [1.54, 1.807) is 11.5 Å². The van der Waals surface area contributed by atoms with E-state index in [0.29, 0.717) is 18.0 Å². The summed E-state index contributed by atoms with van der Waals surface area (Å²) in [4.78, 5) is 25.6. The normalized spacial score (nSPS) is 31.9. The first-order chi connectivity index (χ1) is 11.4. The van der Waals surface area contributed by atoms with E-state index in [9.17, 15) is 20.0 Å². The van der Waals surface area contributed by atoms with Crippen LogP contribution in [0.4, 0.5) is 0 Å². The fourth-order valence-electron chi connectivity index (χ4n) is 4.84. The number of nitriles is 1. The number of aromatic nitrogens is 2. The summed E-state index contributed by atoms with van der Waals surface area (Å²) in [6, 6.07) is 2.05. The zero-order chi connectivity index (χ0) is 17.1. The second-order valence-electron chi connectivity index (χ2n) is 7.87. The van der Waals surface area contributed by atoms with Crippen molar-refractivity contribution in [2.75, 3.05) is 0 Å². The van der Waals surface area contributed by atoms with Crippen molar-refractivity contribution in [1.29, 1.82) is 5.26 Å². The van der Waals surface area contributed by atoms with Crippen LogP contribution in [0.25, 0.3) is 0 Å². The summed E-state index contributed by atoms with van der Waals surface area (Å²) in [6.45, 7) is 1.69. The molecule has 4 aliphatic carbocycles. The molecule has 1 unspecified atom stereocenters.